The van der Waals surface area contributed by atoms with E-state index < -0.39 is 0 Å². The number of halogens is 2. The lowest BCUT2D eigenvalue weighted by atomic mass is 10.3. The van der Waals surface area contributed by atoms with Crippen molar-refractivity contribution >= 4 is 46.6 Å². The molecule has 0 fully saturated rings. The molecular weight excluding hydrogens is 345 g/mol. The molecule has 0 saturated carbocycles. The molecule has 2 aromatic rings. The molecule has 22 heavy (non-hydrogen) atoms. The molecule has 0 atom stereocenters. The van der Waals surface area contributed by atoms with Crippen LogP contribution in [0.5, 0.6) is 0 Å². The minimum absolute atomic E-state index is 0.110. The fourth-order valence-corrected chi connectivity index (χ4v) is 2.86. The fourth-order valence-electron chi connectivity index (χ4n) is 1.68. The minimum atomic E-state index is -0.328. The number of nitrogens with one attached hydrogen (secondary N) is 1. The van der Waals surface area contributed by atoms with Crippen LogP contribution >= 0.6 is 35.0 Å². The summed E-state index contributed by atoms with van der Waals surface area (Å²) in [6.45, 7) is 2.60. The maximum absolute atomic E-state index is 12.0. The number of benzene rings is 1. The van der Waals surface area contributed by atoms with Crippen molar-refractivity contribution in [2.75, 3.05) is 11.1 Å². The van der Waals surface area contributed by atoms with Gasteiger partial charge in [0.15, 0.2) is 5.16 Å². The number of carbonyl (C=O) groups excluding carboxylic acids is 1. The summed E-state index contributed by atoms with van der Waals surface area (Å²) in [5.74, 6) is -0.144. The number of aromatic nitrogens is 2. The molecule has 1 heterocycles. The first-order chi connectivity index (χ1) is 10.5. The molecule has 0 aliphatic carbocycles. The number of nitrogens with zero attached hydrogens (tertiary/aromatic N) is 2. The molecule has 0 bridgehead atoms. The van der Waals surface area contributed by atoms with E-state index in [0.29, 0.717) is 27.4 Å². The van der Waals surface area contributed by atoms with Crippen LogP contribution in [0, 0.1) is 0 Å². The zero-order valence-electron chi connectivity index (χ0n) is 11.7. The Labute approximate surface area is 141 Å². The molecular formula is C14H13Cl2N3O2S. The van der Waals surface area contributed by atoms with Crippen molar-refractivity contribution in [1.82, 2.24) is 9.55 Å². The van der Waals surface area contributed by atoms with E-state index in [1.54, 1.807) is 29.0 Å². The highest BCUT2D eigenvalue weighted by Gasteiger charge is 2.10. The number of aryl methyl sites for hydroxylation is 1. The topological polar surface area (TPSA) is 64.0 Å². The highest BCUT2D eigenvalue weighted by Crippen LogP contribution is 2.25. The van der Waals surface area contributed by atoms with Gasteiger partial charge in [0.1, 0.15) is 0 Å². The smallest absolute Gasteiger partial charge is 0.273 e. The zero-order chi connectivity index (χ0) is 16.1. The Hall–Kier alpha value is -1.50. The molecule has 1 aromatic heterocycles. The molecule has 5 nitrogen and oxygen atoms in total. The standard InChI is InChI=1S/C14H13Cl2N3O2S/c1-2-19-6-5-12(20)18-14(19)22-8-13(21)17-11-7-9(15)3-4-10(11)16/h3-7H,2,8H2,1H3,(H,17,21). The maximum Gasteiger partial charge on any atom is 0.273 e. The molecule has 2 rings (SSSR count). The minimum Gasteiger partial charge on any atom is -0.328 e. The van der Waals surface area contributed by atoms with Gasteiger partial charge in [0.05, 0.1) is 16.5 Å². The van der Waals surface area contributed by atoms with Crippen LogP contribution in [0.25, 0.3) is 0 Å². The lowest BCUT2D eigenvalue weighted by Crippen LogP contribution is -2.17. The quantitative estimate of drug-likeness (QED) is 0.658. The summed E-state index contributed by atoms with van der Waals surface area (Å²) in [6, 6.07) is 6.22. The van der Waals surface area contributed by atoms with Gasteiger partial charge in [-0.1, -0.05) is 35.0 Å². The van der Waals surface area contributed by atoms with E-state index in [1.165, 1.54) is 17.8 Å². The predicted molar refractivity (Wildman–Crippen MR) is 90.0 cm³/mol. The first-order valence-electron chi connectivity index (χ1n) is 6.44. The van der Waals surface area contributed by atoms with Crippen LogP contribution in [0.15, 0.2) is 40.4 Å². The largest absolute Gasteiger partial charge is 0.328 e. The van der Waals surface area contributed by atoms with Gasteiger partial charge in [-0.05, 0) is 25.1 Å². The highest BCUT2D eigenvalue weighted by molar-refractivity contribution is 7.99. The SMILES string of the molecule is CCn1ccc(=O)nc1SCC(=O)Nc1cc(Cl)ccc1Cl. The molecule has 0 spiro atoms. The first-order valence-corrected chi connectivity index (χ1v) is 8.19. The van der Waals surface area contributed by atoms with Crippen LogP contribution in [-0.4, -0.2) is 21.2 Å². The summed E-state index contributed by atoms with van der Waals surface area (Å²) >= 11 is 13.0. The van der Waals surface area contributed by atoms with E-state index in [-0.39, 0.29) is 17.2 Å². The van der Waals surface area contributed by atoms with Crippen LogP contribution in [0.4, 0.5) is 5.69 Å². The third kappa shape index (κ3) is 4.50. The number of hydrogen-bond donors (Lipinski definition) is 1. The van der Waals surface area contributed by atoms with Crippen molar-refractivity contribution in [3.05, 3.63) is 50.9 Å². The van der Waals surface area contributed by atoms with E-state index in [2.05, 4.69) is 10.3 Å². The van der Waals surface area contributed by atoms with E-state index in [9.17, 15) is 9.59 Å². The van der Waals surface area contributed by atoms with E-state index in [0.717, 1.165) is 0 Å². The third-order valence-electron chi connectivity index (χ3n) is 2.72. The Morgan fingerprint density at radius 3 is 2.86 bits per heavy atom. The van der Waals surface area contributed by atoms with Crippen molar-refractivity contribution in [1.29, 1.82) is 0 Å². The molecule has 0 aliphatic heterocycles. The number of thioether (sulfide) groups is 1. The van der Waals surface area contributed by atoms with Gasteiger partial charge in [0.25, 0.3) is 5.56 Å². The predicted octanol–water partition coefficient (Wildman–Crippen LogP) is 3.30. The number of anilines is 1. The van der Waals surface area contributed by atoms with Gasteiger partial charge in [0, 0.05) is 23.8 Å². The maximum atomic E-state index is 12.0. The number of rotatable bonds is 5. The van der Waals surface area contributed by atoms with Gasteiger partial charge in [-0.3, -0.25) is 9.59 Å². The second kappa shape index (κ2) is 7.67. The third-order valence-corrected chi connectivity index (χ3v) is 4.28. The first kappa shape index (κ1) is 16.9. The van der Waals surface area contributed by atoms with Crippen LogP contribution in [0.3, 0.4) is 0 Å². The Kier molecular flexibility index (Phi) is 5.88. The van der Waals surface area contributed by atoms with Crippen LogP contribution in [-0.2, 0) is 11.3 Å². The van der Waals surface area contributed by atoms with Crippen molar-refractivity contribution in [2.45, 2.75) is 18.6 Å². The lowest BCUT2D eigenvalue weighted by molar-refractivity contribution is -0.113. The number of amides is 1. The molecule has 1 N–H and O–H groups in total. The second-order valence-corrected chi connectivity index (χ2v) is 6.08. The molecule has 116 valence electrons. The van der Waals surface area contributed by atoms with Crippen molar-refractivity contribution in [3.63, 3.8) is 0 Å². The molecule has 1 amide bonds. The summed E-state index contributed by atoms with van der Waals surface area (Å²) in [5, 5.41) is 4.08. The lowest BCUT2D eigenvalue weighted by Gasteiger charge is -2.10. The molecule has 0 saturated heterocycles. The summed E-state index contributed by atoms with van der Waals surface area (Å²) in [6.07, 6.45) is 1.66. The van der Waals surface area contributed by atoms with E-state index in [4.69, 9.17) is 23.2 Å². The molecule has 1 aromatic carbocycles. The van der Waals surface area contributed by atoms with Crippen LogP contribution in [0.2, 0.25) is 10.0 Å². The van der Waals surface area contributed by atoms with Crippen molar-refractivity contribution in [2.24, 2.45) is 0 Å². The second-order valence-electron chi connectivity index (χ2n) is 4.30. The molecule has 8 heteroatoms. The normalized spacial score (nSPS) is 10.5. The highest BCUT2D eigenvalue weighted by atomic mass is 35.5. The summed E-state index contributed by atoms with van der Waals surface area (Å²) in [4.78, 5) is 27.2. The van der Waals surface area contributed by atoms with Gasteiger partial charge in [-0.25, -0.2) is 0 Å². The van der Waals surface area contributed by atoms with Gasteiger partial charge < -0.3 is 9.88 Å². The molecule has 0 radical (unpaired) electrons. The van der Waals surface area contributed by atoms with Crippen molar-refractivity contribution in [3.8, 4) is 0 Å². The fraction of sp³-hybridized carbons (Fsp3) is 0.214. The zero-order valence-corrected chi connectivity index (χ0v) is 14.0. The number of carbonyl (C=O) groups is 1. The summed E-state index contributed by atoms with van der Waals surface area (Å²) in [7, 11) is 0. The monoisotopic (exact) mass is 357 g/mol. The van der Waals surface area contributed by atoms with E-state index >= 15 is 0 Å². The Bertz CT molecular complexity index is 749. The molecule has 0 unspecified atom stereocenters. The average molecular weight is 358 g/mol. The van der Waals surface area contributed by atoms with Gasteiger partial charge in [-0.15, -0.1) is 0 Å². The Morgan fingerprint density at radius 2 is 2.14 bits per heavy atom. The average Bonchev–Trinajstić information content (AvgIpc) is 2.49. The van der Waals surface area contributed by atoms with Gasteiger partial charge in [-0.2, -0.15) is 4.98 Å². The summed E-state index contributed by atoms with van der Waals surface area (Å²) < 4.78 is 1.80. The number of hydrogen-bond acceptors (Lipinski definition) is 4. The van der Waals surface area contributed by atoms with Gasteiger partial charge in [0.2, 0.25) is 5.91 Å². The van der Waals surface area contributed by atoms with Gasteiger partial charge >= 0.3 is 0 Å². The van der Waals surface area contributed by atoms with Crippen molar-refractivity contribution < 1.29 is 4.79 Å². The Balaban J connectivity index is 2.03. The van der Waals surface area contributed by atoms with Crippen LogP contribution < -0.4 is 10.9 Å². The van der Waals surface area contributed by atoms with E-state index in [1.807, 2.05) is 6.92 Å². The molecule has 0 aliphatic rings. The van der Waals surface area contributed by atoms with Crippen LogP contribution in [0.1, 0.15) is 6.92 Å². The Morgan fingerprint density at radius 1 is 1.36 bits per heavy atom. The summed E-state index contributed by atoms with van der Waals surface area (Å²) in [5.41, 5.74) is 0.124.